The first kappa shape index (κ1) is 14.6. The van der Waals surface area contributed by atoms with Crippen molar-refractivity contribution in [2.45, 2.75) is 26.2 Å². The molecule has 0 radical (unpaired) electrons. The zero-order valence-corrected chi connectivity index (χ0v) is 11.8. The Hall–Kier alpha value is -1.76. The van der Waals surface area contributed by atoms with E-state index in [9.17, 15) is 9.18 Å². The van der Waals surface area contributed by atoms with Crippen LogP contribution in [0, 0.1) is 18.8 Å². The second-order valence-corrected chi connectivity index (χ2v) is 5.10. The third kappa shape index (κ3) is 3.63. The van der Waals surface area contributed by atoms with Crippen LogP contribution < -0.4 is 10.7 Å². The highest BCUT2D eigenvalue weighted by Crippen LogP contribution is 2.15. The van der Waals surface area contributed by atoms with E-state index in [4.69, 9.17) is 0 Å². The molecule has 2 N–H and O–H groups in total. The molecule has 110 valence electrons. The lowest BCUT2D eigenvalue weighted by Crippen LogP contribution is -2.31. The Morgan fingerprint density at radius 2 is 2.30 bits per heavy atom. The van der Waals surface area contributed by atoms with Crippen LogP contribution in [0.3, 0.4) is 0 Å². The molecule has 1 aliphatic heterocycles. The average Bonchev–Trinajstić information content (AvgIpc) is 2.66. The highest BCUT2D eigenvalue weighted by Gasteiger charge is 2.16. The Bertz CT molecular complexity index is 505. The molecule has 1 aromatic rings. The van der Waals surface area contributed by atoms with Gasteiger partial charge in [-0.2, -0.15) is 14.6 Å². The Labute approximate surface area is 117 Å². The number of nitrogens with one attached hydrogen (secondary N) is 2. The van der Waals surface area contributed by atoms with Crippen LogP contribution in [0.4, 0.5) is 4.39 Å². The lowest BCUT2D eigenvalue weighted by Gasteiger charge is -2.21. The normalized spacial score (nSPS) is 16.8. The summed E-state index contributed by atoms with van der Waals surface area (Å²) in [5, 5.41) is 11.0. The number of nitrogens with zero attached hydrogens (tertiary/aromatic N) is 3. The van der Waals surface area contributed by atoms with Gasteiger partial charge in [0.1, 0.15) is 0 Å². The predicted octanol–water partition coefficient (Wildman–Crippen LogP) is 0.707. The monoisotopic (exact) mass is 281 g/mol. The number of aryl methyl sites for hydroxylation is 2. The molecule has 2 rings (SSSR count). The molecule has 0 atom stereocenters. The highest BCUT2D eigenvalue weighted by molar-refractivity contribution is 5.83. The molecule has 1 amide bonds. The maximum Gasteiger partial charge on any atom is 0.240 e. The van der Waals surface area contributed by atoms with E-state index >= 15 is 0 Å². The number of piperidine rings is 1. The van der Waals surface area contributed by atoms with E-state index in [1.807, 2.05) is 0 Å². The Balaban J connectivity index is 1.84. The van der Waals surface area contributed by atoms with Crippen molar-refractivity contribution in [3.05, 3.63) is 17.2 Å². The number of rotatable bonds is 4. The molecule has 0 unspecified atom stereocenters. The Morgan fingerprint density at radius 3 is 2.90 bits per heavy atom. The van der Waals surface area contributed by atoms with Gasteiger partial charge in [-0.25, -0.2) is 10.1 Å². The maximum atomic E-state index is 13.6. The van der Waals surface area contributed by atoms with Gasteiger partial charge in [-0.3, -0.25) is 4.79 Å². The largest absolute Gasteiger partial charge is 0.317 e. The molecule has 1 aliphatic rings. The number of amides is 1. The third-order valence-electron chi connectivity index (χ3n) is 3.51. The van der Waals surface area contributed by atoms with Crippen molar-refractivity contribution < 1.29 is 9.18 Å². The minimum Gasteiger partial charge on any atom is -0.317 e. The minimum absolute atomic E-state index is 0.130. The highest BCUT2D eigenvalue weighted by atomic mass is 19.1. The number of hydrogen-bond acceptors (Lipinski definition) is 4. The van der Waals surface area contributed by atoms with Crippen molar-refractivity contribution in [3.63, 3.8) is 0 Å². The molecular weight excluding hydrogens is 261 g/mol. The molecule has 20 heavy (non-hydrogen) atoms. The molecule has 0 aromatic carbocycles. The van der Waals surface area contributed by atoms with Crippen LogP contribution in [-0.4, -0.2) is 35.0 Å². The second-order valence-electron chi connectivity index (χ2n) is 5.10. The van der Waals surface area contributed by atoms with Gasteiger partial charge in [0.15, 0.2) is 0 Å². The molecule has 0 saturated carbocycles. The number of halogens is 1. The smallest absolute Gasteiger partial charge is 0.240 e. The maximum absolute atomic E-state index is 13.6. The fraction of sp³-hybridized carbons (Fsp3) is 0.615. The van der Waals surface area contributed by atoms with Crippen LogP contribution in [0.25, 0.3) is 0 Å². The lowest BCUT2D eigenvalue weighted by molar-refractivity contribution is -0.122. The number of carbonyl (C=O) groups excluding carboxylic acids is 1. The van der Waals surface area contributed by atoms with Gasteiger partial charge in [-0.1, -0.05) is 0 Å². The Kier molecular flexibility index (Phi) is 4.84. The second kappa shape index (κ2) is 6.60. The topological polar surface area (TPSA) is 71.3 Å². The summed E-state index contributed by atoms with van der Waals surface area (Å²) in [6.07, 6.45) is 3.78. The summed E-state index contributed by atoms with van der Waals surface area (Å²) >= 11 is 0. The van der Waals surface area contributed by atoms with Crippen LogP contribution >= 0.6 is 0 Å². The summed E-state index contributed by atoms with van der Waals surface area (Å²) in [4.78, 5) is 11.7. The molecule has 0 aliphatic carbocycles. The molecule has 6 nitrogen and oxygen atoms in total. The van der Waals surface area contributed by atoms with Gasteiger partial charge >= 0.3 is 0 Å². The SMILES string of the molecule is Cc1nn(C)c(F)c1/C=N\NC(=O)CC1CCNCC1. The summed E-state index contributed by atoms with van der Waals surface area (Å²) in [5.41, 5.74) is 3.29. The van der Waals surface area contributed by atoms with Crippen molar-refractivity contribution in [1.29, 1.82) is 0 Å². The average molecular weight is 281 g/mol. The first-order valence-electron chi connectivity index (χ1n) is 6.79. The van der Waals surface area contributed by atoms with E-state index in [1.54, 1.807) is 6.92 Å². The first-order chi connectivity index (χ1) is 9.58. The van der Waals surface area contributed by atoms with Crippen molar-refractivity contribution in [2.75, 3.05) is 13.1 Å². The molecule has 0 bridgehead atoms. The third-order valence-corrected chi connectivity index (χ3v) is 3.51. The molecular formula is C13H20FN5O. The number of carbonyl (C=O) groups is 1. The number of hydrogen-bond donors (Lipinski definition) is 2. The first-order valence-corrected chi connectivity index (χ1v) is 6.79. The van der Waals surface area contributed by atoms with E-state index in [1.165, 1.54) is 13.3 Å². The van der Waals surface area contributed by atoms with Crippen molar-refractivity contribution in [3.8, 4) is 0 Å². The number of aromatic nitrogens is 2. The standard InChI is InChI=1S/C13H20FN5O/c1-9-11(13(14)19(2)18-9)8-16-17-12(20)7-10-3-5-15-6-4-10/h8,10,15H,3-7H2,1-2H3,(H,17,20)/b16-8-. The van der Waals surface area contributed by atoms with E-state index in [0.717, 1.165) is 30.6 Å². The van der Waals surface area contributed by atoms with Gasteiger partial charge in [-0.15, -0.1) is 0 Å². The number of hydrazone groups is 1. The minimum atomic E-state index is -0.459. The van der Waals surface area contributed by atoms with Gasteiger partial charge < -0.3 is 5.32 Å². The molecule has 1 aromatic heterocycles. The van der Waals surface area contributed by atoms with Crippen LogP contribution in [0.15, 0.2) is 5.10 Å². The van der Waals surface area contributed by atoms with E-state index in [2.05, 4.69) is 20.9 Å². The van der Waals surface area contributed by atoms with Crippen molar-refractivity contribution in [2.24, 2.45) is 18.1 Å². The van der Waals surface area contributed by atoms with Gasteiger partial charge in [0.2, 0.25) is 11.9 Å². The summed E-state index contributed by atoms with van der Waals surface area (Å²) in [5.74, 6) is -0.183. The zero-order chi connectivity index (χ0) is 14.5. The van der Waals surface area contributed by atoms with Gasteiger partial charge in [0, 0.05) is 13.5 Å². The Morgan fingerprint density at radius 1 is 1.60 bits per heavy atom. The van der Waals surface area contributed by atoms with Crippen LogP contribution in [-0.2, 0) is 11.8 Å². The molecule has 7 heteroatoms. The molecule has 1 fully saturated rings. The van der Waals surface area contributed by atoms with Crippen molar-refractivity contribution in [1.82, 2.24) is 20.5 Å². The van der Waals surface area contributed by atoms with Gasteiger partial charge in [-0.05, 0) is 38.8 Å². The van der Waals surface area contributed by atoms with Gasteiger partial charge in [0.25, 0.3) is 0 Å². The van der Waals surface area contributed by atoms with E-state index in [0.29, 0.717) is 23.6 Å². The summed E-state index contributed by atoms with van der Waals surface area (Å²) in [7, 11) is 1.52. The van der Waals surface area contributed by atoms with E-state index < -0.39 is 5.95 Å². The van der Waals surface area contributed by atoms with Crippen LogP contribution in [0.5, 0.6) is 0 Å². The lowest BCUT2D eigenvalue weighted by atomic mass is 9.94. The summed E-state index contributed by atoms with van der Waals surface area (Å²) in [6, 6.07) is 0. The summed E-state index contributed by atoms with van der Waals surface area (Å²) in [6.45, 7) is 3.61. The van der Waals surface area contributed by atoms with Gasteiger partial charge in [0.05, 0.1) is 17.5 Å². The summed E-state index contributed by atoms with van der Waals surface area (Å²) < 4.78 is 14.8. The molecule has 1 saturated heterocycles. The fourth-order valence-corrected chi connectivity index (χ4v) is 2.36. The van der Waals surface area contributed by atoms with Crippen LogP contribution in [0.1, 0.15) is 30.5 Å². The molecule has 0 spiro atoms. The fourth-order valence-electron chi connectivity index (χ4n) is 2.36. The van der Waals surface area contributed by atoms with E-state index in [-0.39, 0.29) is 5.91 Å². The quantitative estimate of drug-likeness (QED) is 0.630. The molecule has 2 heterocycles. The van der Waals surface area contributed by atoms with Crippen LogP contribution in [0.2, 0.25) is 0 Å². The zero-order valence-electron chi connectivity index (χ0n) is 11.8. The van der Waals surface area contributed by atoms with Crippen molar-refractivity contribution >= 4 is 12.1 Å². The predicted molar refractivity (Wildman–Crippen MR) is 73.9 cm³/mol.